The molecule has 0 unspecified atom stereocenters. The first-order chi connectivity index (χ1) is 6.83. The van der Waals surface area contributed by atoms with Crippen LogP contribution in [0.5, 0.6) is 0 Å². The fourth-order valence-electron chi connectivity index (χ4n) is 1.02. The van der Waals surface area contributed by atoms with Crippen LogP contribution < -0.4 is 0 Å². The molecule has 0 heterocycles. The van der Waals surface area contributed by atoms with Crippen LogP contribution in [0.1, 0.15) is 5.56 Å². The Morgan fingerprint density at radius 2 is 1.93 bits per heavy atom. The van der Waals surface area contributed by atoms with E-state index in [2.05, 4.69) is 43.8 Å². The lowest BCUT2D eigenvalue weighted by Gasteiger charge is -2.02. The summed E-state index contributed by atoms with van der Waals surface area (Å²) < 4.78 is 5.33. The maximum absolute atomic E-state index is 5.33. The SMILES string of the molecule is Cc1ccc(SCCOCCS)cc1. The summed E-state index contributed by atoms with van der Waals surface area (Å²) in [5.41, 5.74) is 1.31. The number of aryl methyl sites for hydroxylation is 1. The smallest absolute Gasteiger partial charge is 0.0560 e. The van der Waals surface area contributed by atoms with Crippen LogP contribution >= 0.6 is 24.4 Å². The second-order valence-electron chi connectivity index (χ2n) is 3.00. The third-order valence-corrected chi connectivity index (χ3v) is 2.91. The lowest BCUT2D eigenvalue weighted by atomic mass is 10.2. The molecule has 1 aromatic carbocycles. The highest BCUT2D eigenvalue weighted by Gasteiger charge is 1.93. The van der Waals surface area contributed by atoms with E-state index < -0.39 is 0 Å². The normalized spacial score (nSPS) is 10.4. The molecule has 0 spiro atoms. The summed E-state index contributed by atoms with van der Waals surface area (Å²) in [6, 6.07) is 8.57. The molecule has 78 valence electrons. The van der Waals surface area contributed by atoms with Gasteiger partial charge >= 0.3 is 0 Å². The standard InChI is InChI=1S/C11H16OS2/c1-10-2-4-11(5-3-10)14-9-7-12-6-8-13/h2-5,13H,6-9H2,1H3. The minimum Gasteiger partial charge on any atom is -0.380 e. The predicted molar refractivity (Wildman–Crippen MR) is 66.6 cm³/mol. The van der Waals surface area contributed by atoms with Gasteiger partial charge in [0.05, 0.1) is 13.2 Å². The fourth-order valence-corrected chi connectivity index (χ4v) is 1.91. The minimum atomic E-state index is 0.748. The predicted octanol–water partition coefficient (Wildman–Crippen LogP) is 3.03. The zero-order chi connectivity index (χ0) is 10.2. The third kappa shape index (κ3) is 4.94. The van der Waals surface area contributed by atoms with Gasteiger partial charge in [0.15, 0.2) is 0 Å². The van der Waals surface area contributed by atoms with Gasteiger partial charge in [-0.1, -0.05) is 17.7 Å². The van der Waals surface area contributed by atoms with Gasteiger partial charge in [-0.05, 0) is 19.1 Å². The average Bonchev–Trinajstić information content (AvgIpc) is 2.21. The molecule has 0 radical (unpaired) electrons. The van der Waals surface area contributed by atoms with Crippen LogP contribution in [-0.2, 0) is 4.74 Å². The van der Waals surface area contributed by atoms with Crippen molar-refractivity contribution in [2.24, 2.45) is 0 Å². The molecule has 0 amide bonds. The largest absolute Gasteiger partial charge is 0.380 e. The van der Waals surface area contributed by atoms with E-state index in [1.807, 2.05) is 11.8 Å². The molecule has 0 bridgehead atoms. The van der Waals surface area contributed by atoms with Crippen LogP contribution in [0.4, 0.5) is 0 Å². The first-order valence-corrected chi connectivity index (χ1v) is 6.33. The van der Waals surface area contributed by atoms with Gasteiger partial charge in [-0.2, -0.15) is 12.6 Å². The number of hydrogen-bond donors (Lipinski definition) is 1. The van der Waals surface area contributed by atoms with E-state index in [-0.39, 0.29) is 0 Å². The molecule has 0 aliphatic carbocycles. The van der Waals surface area contributed by atoms with Crippen LogP contribution in [0, 0.1) is 6.92 Å². The maximum Gasteiger partial charge on any atom is 0.0560 e. The van der Waals surface area contributed by atoms with Crippen LogP contribution in [0.2, 0.25) is 0 Å². The Kier molecular flexibility index (Phi) is 6.15. The summed E-state index contributed by atoms with van der Waals surface area (Å²) in [4.78, 5) is 1.31. The Hall–Kier alpha value is -0.120. The second kappa shape index (κ2) is 7.21. The van der Waals surface area contributed by atoms with E-state index >= 15 is 0 Å². The van der Waals surface area contributed by atoms with Gasteiger partial charge in [0.1, 0.15) is 0 Å². The highest BCUT2D eigenvalue weighted by molar-refractivity contribution is 7.99. The lowest BCUT2D eigenvalue weighted by molar-refractivity contribution is 0.167. The van der Waals surface area contributed by atoms with Crippen molar-refractivity contribution in [1.29, 1.82) is 0 Å². The number of thiol groups is 1. The van der Waals surface area contributed by atoms with Crippen molar-refractivity contribution < 1.29 is 4.74 Å². The number of ether oxygens (including phenoxy) is 1. The molecule has 0 aliphatic rings. The van der Waals surface area contributed by atoms with Gasteiger partial charge in [0.2, 0.25) is 0 Å². The molecule has 0 saturated heterocycles. The van der Waals surface area contributed by atoms with Gasteiger partial charge in [0, 0.05) is 16.4 Å². The molecule has 0 N–H and O–H groups in total. The quantitative estimate of drug-likeness (QED) is 0.455. The molecule has 0 saturated carbocycles. The summed E-state index contributed by atoms with van der Waals surface area (Å²) >= 11 is 5.90. The Morgan fingerprint density at radius 1 is 1.21 bits per heavy atom. The molecular weight excluding hydrogens is 212 g/mol. The molecule has 0 fully saturated rings. The number of rotatable bonds is 6. The van der Waals surface area contributed by atoms with E-state index in [0.717, 1.165) is 24.7 Å². The first kappa shape index (κ1) is 12.0. The van der Waals surface area contributed by atoms with Crippen molar-refractivity contribution in [3.63, 3.8) is 0 Å². The van der Waals surface area contributed by atoms with Crippen molar-refractivity contribution in [2.75, 3.05) is 24.7 Å². The zero-order valence-electron chi connectivity index (χ0n) is 8.40. The molecule has 1 aromatic rings. The van der Waals surface area contributed by atoms with Crippen molar-refractivity contribution in [2.45, 2.75) is 11.8 Å². The van der Waals surface area contributed by atoms with Crippen LogP contribution in [0.3, 0.4) is 0 Å². The Labute approximate surface area is 95.6 Å². The number of thioether (sulfide) groups is 1. The number of benzene rings is 1. The first-order valence-electron chi connectivity index (χ1n) is 4.71. The van der Waals surface area contributed by atoms with Gasteiger partial charge in [-0.25, -0.2) is 0 Å². The van der Waals surface area contributed by atoms with Gasteiger partial charge < -0.3 is 4.74 Å². The molecule has 1 nitrogen and oxygen atoms in total. The number of hydrogen-bond acceptors (Lipinski definition) is 3. The molecule has 0 atom stereocenters. The summed E-state index contributed by atoms with van der Waals surface area (Å²) in [7, 11) is 0. The van der Waals surface area contributed by atoms with Gasteiger partial charge in [-0.3, -0.25) is 0 Å². The van der Waals surface area contributed by atoms with E-state index in [4.69, 9.17) is 4.74 Å². The molecule has 14 heavy (non-hydrogen) atoms. The van der Waals surface area contributed by atoms with Crippen LogP contribution in [-0.4, -0.2) is 24.7 Å². The molecular formula is C11H16OS2. The molecule has 0 aromatic heterocycles. The third-order valence-electron chi connectivity index (χ3n) is 1.75. The summed E-state index contributed by atoms with van der Waals surface area (Å²) in [6.45, 7) is 3.65. The lowest BCUT2D eigenvalue weighted by Crippen LogP contribution is -1.99. The van der Waals surface area contributed by atoms with E-state index in [9.17, 15) is 0 Å². The molecule has 3 heteroatoms. The summed E-state index contributed by atoms with van der Waals surface area (Å²) in [5.74, 6) is 1.81. The Bertz CT molecular complexity index is 246. The van der Waals surface area contributed by atoms with E-state index in [1.54, 1.807) is 0 Å². The zero-order valence-corrected chi connectivity index (χ0v) is 10.1. The highest BCUT2D eigenvalue weighted by Crippen LogP contribution is 2.17. The molecule has 1 rings (SSSR count). The Balaban J connectivity index is 2.15. The summed E-state index contributed by atoms with van der Waals surface area (Å²) in [5, 5.41) is 0. The van der Waals surface area contributed by atoms with Crippen LogP contribution in [0.25, 0.3) is 0 Å². The monoisotopic (exact) mass is 228 g/mol. The minimum absolute atomic E-state index is 0.748. The van der Waals surface area contributed by atoms with Crippen molar-refractivity contribution in [1.82, 2.24) is 0 Å². The maximum atomic E-state index is 5.33. The topological polar surface area (TPSA) is 9.23 Å². The summed E-state index contributed by atoms with van der Waals surface area (Å²) in [6.07, 6.45) is 0. The van der Waals surface area contributed by atoms with Crippen molar-refractivity contribution >= 4 is 24.4 Å². The molecule has 0 aliphatic heterocycles. The van der Waals surface area contributed by atoms with E-state index in [0.29, 0.717) is 0 Å². The van der Waals surface area contributed by atoms with Crippen molar-refractivity contribution in [3.8, 4) is 0 Å². The van der Waals surface area contributed by atoms with Gasteiger partial charge in [0.25, 0.3) is 0 Å². The second-order valence-corrected chi connectivity index (χ2v) is 4.61. The van der Waals surface area contributed by atoms with E-state index in [1.165, 1.54) is 10.5 Å². The van der Waals surface area contributed by atoms with Crippen molar-refractivity contribution in [3.05, 3.63) is 29.8 Å². The highest BCUT2D eigenvalue weighted by atomic mass is 32.2. The Morgan fingerprint density at radius 3 is 2.57 bits per heavy atom. The fraction of sp³-hybridized carbons (Fsp3) is 0.455. The van der Waals surface area contributed by atoms with Gasteiger partial charge in [-0.15, -0.1) is 11.8 Å². The van der Waals surface area contributed by atoms with Crippen LogP contribution in [0.15, 0.2) is 29.2 Å². The average molecular weight is 228 g/mol.